The van der Waals surface area contributed by atoms with Crippen LogP contribution in [0.4, 0.5) is 13.2 Å². The molecule has 0 spiro atoms. The average Bonchev–Trinajstić information content (AvgIpc) is 3.55. The second-order valence-electron chi connectivity index (χ2n) is 11.7. The van der Waals surface area contributed by atoms with Gasteiger partial charge in [0.1, 0.15) is 34.9 Å². The number of halogens is 4. The largest absolute Gasteiger partial charge is 0.478 e. The lowest BCUT2D eigenvalue weighted by Gasteiger charge is -2.28. The first-order chi connectivity index (χ1) is 21.9. The second kappa shape index (κ2) is 12.1. The first-order valence-corrected chi connectivity index (χ1v) is 14.6. The molecular formula is C34H26ClF3N4O4. The van der Waals surface area contributed by atoms with E-state index >= 15 is 8.78 Å². The van der Waals surface area contributed by atoms with Crippen LogP contribution in [0.5, 0.6) is 5.88 Å². The fraction of sp³-hybridized carbons (Fsp3) is 0.235. The van der Waals surface area contributed by atoms with Gasteiger partial charge in [-0.1, -0.05) is 31.5 Å². The zero-order valence-electron chi connectivity index (χ0n) is 24.7. The molecule has 1 fully saturated rings. The third kappa shape index (κ3) is 5.89. The Hall–Kier alpha value is -4.92. The molecule has 1 aliphatic heterocycles. The van der Waals surface area contributed by atoms with Gasteiger partial charge in [0, 0.05) is 23.0 Å². The van der Waals surface area contributed by atoms with Gasteiger partial charge in [-0.25, -0.2) is 27.9 Å². The molecule has 0 saturated carbocycles. The van der Waals surface area contributed by atoms with Crippen LogP contribution in [0.3, 0.4) is 0 Å². The van der Waals surface area contributed by atoms with Gasteiger partial charge in [-0.15, -0.1) is 0 Å². The average molecular weight is 647 g/mol. The number of ether oxygens (including phenoxy) is 2. The molecule has 0 radical (unpaired) electrons. The lowest BCUT2D eigenvalue weighted by atomic mass is 9.87. The van der Waals surface area contributed by atoms with Crippen molar-refractivity contribution in [1.82, 2.24) is 14.5 Å². The van der Waals surface area contributed by atoms with Gasteiger partial charge in [0.05, 0.1) is 53.2 Å². The molecule has 1 N–H and O–H groups in total. The summed E-state index contributed by atoms with van der Waals surface area (Å²) >= 11 is 6.23. The minimum absolute atomic E-state index is 0.0368. The number of nitriles is 1. The molecule has 0 bridgehead atoms. The monoisotopic (exact) mass is 646 g/mol. The second-order valence-corrected chi connectivity index (χ2v) is 12.1. The van der Waals surface area contributed by atoms with Gasteiger partial charge < -0.3 is 19.1 Å². The van der Waals surface area contributed by atoms with E-state index in [2.05, 4.69) is 4.98 Å². The van der Waals surface area contributed by atoms with Crippen LogP contribution in [0.2, 0.25) is 5.02 Å². The molecule has 0 amide bonds. The van der Waals surface area contributed by atoms with Gasteiger partial charge in [0.15, 0.2) is 0 Å². The Morgan fingerprint density at radius 2 is 1.85 bits per heavy atom. The molecule has 5 aromatic rings. The van der Waals surface area contributed by atoms with E-state index in [0.29, 0.717) is 30.1 Å². The van der Waals surface area contributed by atoms with Crippen LogP contribution in [-0.2, 0) is 17.8 Å². The van der Waals surface area contributed by atoms with Crippen LogP contribution in [0, 0.1) is 34.2 Å². The molecule has 1 atom stereocenters. The quantitative estimate of drug-likeness (QED) is 0.186. The maximum atomic E-state index is 15.7. The molecule has 234 valence electrons. The lowest BCUT2D eigenvalue weighted by Crippen LogP contribution is -2.27. The van der Waals surface area contributed by atoms with Crippen molar-refractivity contribution in [3.05, 3.63) is 111 Å². The number of hydrogen-bond acceptors (Lipinski definition) is 6. The number of imidazole rings is 1. The first kappa shape index (κ1) is 31.1. The number of aromatic carboxylic acids is 1. The van der Waals surface area contributed by atoms with Crippen molar-refractivity contribution in [3.8, 4) is 23.2 Å². The van der Waals surface area contributed by atoms with E-state index in [-0.39, 0.29) is 68.9 Å². The number of pyridine rings is 1. The van der Waals surface area contributed by atoms with Gasteiger partial charge in [0.2, 0.25) is 5.88 Å². The topological polar surface area (TPSA) is 110 Å². The van der Waals surface area contributed by atoms with Crippen molar-refractivity contribution in [3.63, 3.8) is 0 Å². The minimum Gasteiger partial charge on any atom is -0.478 e. The number of rotatable bonds is 8. The summed E-state index contributed by atoms with van der Waals surface area (Å²) in [7, 11) is 0. The predicted molar refractivity (Wildman–Crippen MR) is 163 cm³/mol. The molecule has 1 saturated heterocycles. The zero-order valence-corrected chi connectivity index (χ0v) is 25.4. The van der Waals surface area contributed by atoms with Crippen LogP contribution in [0.15, 0.2) is 60.7 Å². The van der Waals surface area contributed by atoms with Crippen LogP contribution in [0.1, 0.15) is 52.8 Å². The van der Waals surface area contributed by atoms with Crippen LogP contribution < -0.4 is 4.74 Å². The number of carbonyl (C=O) groups is 1. The fourth-order valence-electron chi connectivity index (χ4n) is 5.57. The number of hydrogen-bond donors (Lipinski definition) is 1. The molecule has 3 heterocycles. The Morgan fingerprint density at radius 1 is 1.07 bits per heavy atom. The third-order valence-corrected chi connectivity index (χ3v) is 8.38. The van der Waals surface area contributed by atoms with Gasteiger partial charge in [-0.05, 0) is 60.2 Å². The Kier molecular flexibility index (Phi) is 8.19. The van der Waals surface area contributed by atoms with E-state index in [9.17, 15) is 14.3 Å². The van der Waals surface area contributed by atoms with Crippen LogP contribution >= 0.6 is 11.6 Å². The van der Waals surface area contributed by atoms with Crippen LogP contribution in [0.25, 0.3) is 22.3 Å². The summed E-state index contributed by atoms with van der Waals surface area (Å²) in [6, 6.07) is 15.1. The van der Waals surface area contributed by atoms with E-state index in [1.54, 1.807) is 6.07 Å². The summed E-state index contributed by atoms with van der Waals surface area (Å²) in [6.07, 6.45) is -0.0781. The van der Waals surface area contributed by atoms with E-state index in [0.717, 1.165) is 18.2 Å². The van der Waals surface area contributed by atoms with E-state index < -0.39 is 23.4 Å². The number of benzene rings is 3. The van der Waals surface area contributed by atoms with Gasteiger partial charge >= 0.3 is 5.97 Å². The summed E-state index contributed by atoms with van der Waals surface area (Å²) < 4.78 is 58.9. The number of carboxylic acids is 1. The Morgan fingerprint density at radius 3 is 2.54 bits per heavy atom. The number of carboxylic acid groups (broad SMARTS) is 1. The van der Waals surface area contributed by atoms with Crippen molar-refractivity contribution < 1.29 is 32.5 Å². The van der Waals surface area contributed by atoms with E-state index in [4.69, 9.17) is 31.3 Å². The smallest absolute Gasteiger partial charge is 0.335 e. The highest BCUT2D eigenvalue weighted by molar-refractivity contribution is 6.31. The predicted octanol–water partition coefficient (Wildman–Crippen LogP) is 7.51. The fourth-order valence-corrected chi connectivity index (χ4v) is 5.73. The highest BCUT2D eigenvalue weighted by Gasteiger charge is 2.39. The molecule has 1 aliphatic rings. The van der Waals surface area contributed by atoms with Crippen molar-refractivity contribution in [1.29, 1.82) is 5.26 Å². The highest BCUT2D eigenvalue weighted by Crippen LogP contribution is 2.41. The third-order valence-electron chi connectivity index (χ3n) is 8.09. The normalized spacial score (nSPS) is 15.6. The number of aromatic nitrogens is 3. The Balaban J connectivity index is 1.32. The maximum absolute atomic E-state index is 15.7. The summed E-state index contributed by atoms with van der Waals surface area (Å²) in [4.78, 5) is 20.7. The number of nitrogens with zero attached hydrogens (tertiary/aromatic N) is 4. The number of fused-ring (bicyclic) bond motifs is 1. The van der Waals surface area contributed by atoms with E-state index in [1.807, 2.05) is 24.5 Å². The maximum Gasteiger partial charge on any atom is 0.335 e. The SMILES string of the molecule is CC1(C)COCC1n1c(Cc2cc(F)c(-c3ccc(Cl)c(OCc4ccc(C#N)cc4F)n3)cc2F)nc2ccc(C(=O)O)cc21. The zero-order chi connectivity index (χ0) is 32.7. The molecule has 0 aliphatic carbocycles. The molecule has 1 unspecified atom stereocenters. The highest BCUT2D eigenvalue weighted by atomic mass is 35.5. The summed E-state index contributed by atoms with van der Waals surface area (Å²) in [5.41, 5.74) is 1.09. The summed E-state index contributed by atoms with van der Waals surface area (Å²) in [5, 5.41) is 18.6. The lowest BCUT2D eigenvalue weighted by molar-refractivity contribution is 0.0697. The Bertz CT molecular complexity index is 2060. The standard InChI is InChI=1S/C34H26ClF3N4O4/c1-34(2)17-45-16-30(34)42-29-11-19(33(43)44)5-7-28(29)40-31(42)12-21-10-26(38)22(13-25(21)37)27-8-6-23(35)32(41-27)46-15-20-4-3-18(14-39)9-24(20)36/h3-11,13,30H,12,15-17H2,1-2H3,(H,43,44). The van der Waals surface area contributed by atoms with Crippen molar-refractivity contribution in [2.45, 2.75) is 32.9 Å². The molecule has 8 nitrogen and oxygen atoms in total. The molecule has 2 aromatic heterocycles. The summed E-state index contributed by atoms with van der Waals surface area (Å²) in [6.45, 7) is 4.60. The van der Waals surface area contributed by atoms with E-state index in [1.165, 1.54) is 36.4 Å². The van der Waals surface area contributed by atoms with Crippen molar-refractivity contribution in [2.75, 3.05) is 13.2 Å². The van der Waals surface area contributed by atoms with Crippen molar-refractivity contribution in [2.24, 2.45) is 5.41 Å². The molecule has 12 heteroatoms. The Labute approximate surface area is 266 Å². The minimum atomic E-state index is -1.09. The van der Waals surface area contributed by atoms with Crippen LogP contribution in [-0.4, -0.2) is 38.8 Å². The molecule has 6 rings (SSSR count). The van der Waals surface area contributed by atoms with Gasteiger partial charge in [0.25, 0.3) is 0 Å². The molecule has 3 aromatic carbocycles. The molecular weight excluding hydrogens is 621 g/mol. The van der Waals surface area contributed by atoms with Gasteiger partial charge in [-0.3, -0.25) is 0 Å². The van der Waals surface area contributed by atoms with Crippen molar-refractivity contribution >= 4 is 28.6 Å². The van der Waals surface area contributed by atoms with Gasteiger partial charge in [-0.2, -0.15) is 5.26 Å². The first-order valence-electron chi connectivity index (χ1n) is 14.2. The molecule has 46 heavy (non-hydrogen) atoms. The summed E-state index contributed by atoms with van der Waals surface area (Å²) in [5.74, 6) is -2.87.